The molecule has 0 atom stereocenters. The van der Waals surface area contributed by atoms with Crippen LogP contribution in [0.3, 0.4) is 0 Å². The first-order valence-corrected chi connectivity index (χ1v) is 6.79. The smallest absolute Gasteiger partial charge is 0.257 e. The molecular weight excluding hydrogens is 352 g/mol. The maximum absolute atomic E-state index is 13.8. The highest BCUT2D eigenvalue weighted by atomic mass is 79.9. The van der Waals surface area contributed by atoms with Crippen molar-refractivity contribution in [1.82, 2.24) is 0 Å². The Morgan fingerprint density at radius 1 is 1.25 bits per heavy atom. The molecule has 0 aliphatic carbocycles. The number of hydrogen-bond acceptors (Lipinski definition) is 1. The summed E-state index contributed by atoms with van der Waals surface area (Å²) in [4.78, 5) is 12.1. The summed E-state index contributed by atoms with van der Waals surface area (Å²) in [5, 5.41) is 2.39. The van der Waals surface area contributed by atoms with Crippen LogP contribution in [0.5, 0.6) is 0 Å². The lowest BCUT2D eigenvalue weighted by atomic mass is 10.1. The molecule has 0 bridgehead atoms. The van der Waals surface area contributed by atoms with Gasteiger partial charge in [0.05, 0.1) is 10.6 Å². The third-order valence-corrected chi connectivity index (χ3v) is 4.02. The van der Waals surface area contributed by atoms with Gasteiger partial charge in [-0.05, 0) is 46.6 Å². The fourth-order valence-electron chi connectivity index (χ4n) is 1.63. The molecule has 104 valence electrons. The molecule has 1 N–H and O–H groups in total. The summed E-state index contributed by atoms with van der Waals surface area (Å²) in [6.07, 6.45) is 0. The summed E-state index contributed by atoms with van der Waals surface area (Å²) in [7, 11) is 0. The van der Waals surface area contributed by atoms with E-state index >= 15 is 0 Å². The molecule has 0 aliphatic heterocycles. The number of amides is 1. The van der Waals surface area contributed by atoms with Gasteiger partial charge in [-0.2, -0.15) is 0 Å². The summed E-state index contributed by atoms with van der Waals surface area (Å²) < 4.78 is 27.9. The fraction of sp³-hybridized carbons (Fsp3) is 0.0714. The standard InChI is InChI=1S/C14H9BrClF2NO/c1-7-5-6-10(17)13(12(7)18)19-14(20)8-3-2-4-9(15)11(8)16/h2-6H,1H3,(H,19,20). The van der Waals surface area contributed by atoms with Crippen molar-refractivity contribution in [2.24, 2.45) is 0 Å². The predicted molar refractivity (Wildman–Crippen MR) is 78.2 cm³/mol. The number of anilines is 1. The molecule has 0 spiro atoms. The monoisotopic (exact) mass is 359 g/mol. The van der Waals surface area contributed by atoms with Crippen LogP contribution in [-0.2, 0) is 0 Å². The molecule has 2 nitrogen and oxygen atoms in total. The normalized spacial score (nSPS) is 10.4. The second kappa shape index (κ2) is 5.89. The first-order valence-electron chi connectivity index (χ1n) is 5.61. The van der Waals surface area contributed by atoms with Gasteiger partial charge in [0, 0.05) is 4.47 Å². The maximum atomic E-state index is 13.8. The second-order valence-electron chi connectivity index (χ2n) is 4.11. The zero-order valence-corrected chi connectivity index (χ0v) is 12.6. The van der Waals surface area contributed by atoms with E-state index in [0.717, 1.165) is 6.07 Å². The number of rotatable bonds is 2. The Balaban J connectivity index is 2.38. The van der Waals surface area contributed by atoms with Crippen LogP contribution in [0, 0.1) is 18.6 Å². The largest absolute Gasteiger partial charge is 0.317 e. The number of nitrogens with one attached hydrogen (secondary N) is 1. The van der Waals surface area contributed by atoms with Gasteiger partial charge in [0.25, 0.3) is 5.91 Å². The predicted octanol–water partition coefficient (Wildman–Crippen LogP) is 4.94. The van der Waals surface area contributed by atoms with E-state index in [4.69, 9.17) is 11.6 Å². The van der Waals surface area contributed by atoms with Crippen LogP contribution in [0.4, 0.5) is 14.5 Å². The van der Waals surface area contributed by atoms with E-state index in [1.165, 1.54) is 19.1 Å². The molecule has 0 heterocycles. The number of carbonyl (C=O) groups excluding carboxylic acids is 1. The van der Waals surface area contributed by atoms with Crippen molar-refractivity contribution >= 4 is 39.1 Å². The van der Waals surface area contributed by atoms with Crippen LogP contribution in [0.15, 0.2) is 34.8 Å². The van der Waals surface area contributed by atoms with E-state index < -0.39 is 23.2 Å². The summed E-state index contributed by atoms with van der Waals surface area (Å²) >= 11 is 9.15. The summed E-state index contributed by atoms with van der Waals surface area (Å²) in [5.74, 6) is -2.32. The zero-order valence-electron chi connectivity index (χ0n) is 10.3. The zero-order chi connectivity index (χ0) is 14.9. The van der Waals surface area contributed by atoms with Gasteiger partial charge in [-0.3, -0.25) is 4.79 Å². The Kier molecular flexibility index (Phi) is 4.40. The Hall–Kier alpha value is -1.46. The van der Waals surface area contributed by atoms with Gasteiger partial charge in [0.15, 0.2) is 5.82 Å². The van der Waals surface area contributed by atoms with Crippen molar-refractivity contribution in [3.8, 4) is 0 Å². The highest BCUT2D eigenvalue weighted by Crippen LogP contribution is 2.28. The quantitative estimate of drug-likeness (QED) is 0.807. The third kappa shape index (κ3) is 2.83. The summed E-state index contributed by atoms with van der Waals surface area (Å²) in [5.41, 5.74) is -0.116. The molecule has 0 aliphatic rings. The molecule has 0 aromatic heterocycles. The van der Waals surface area contributed by atoms with Crippen LogP contribution in [0.25, 0.3) is 0 Å². The second-order valence-corrected chi connectivity index (χ2v) is 5.34. The number of carbonyl (C=O) groups is 1. The number of aryl methyl sites for hydroxylation is 1. The van der Waals surface area contributed by atoms with Gasteiger partial charge in [0.1, 0.15) is 11.5 Å². The molecule has 0 fully saturated rings. The average Bonchev–Trinajstić information content (AvgIpc) is 2.42. The van der Waals surface area contributed by atoms with E-state index in [9.17, 15) is 13.6 Å². The Morgan fingerprint density at radius 3 is 2.65 bits per heavy atom. The molecule has 0 radical (unpaired) electrons. The minimum absolute atomic E-state index is 0.126. The topological polar surface area (TPSA) is 29.1 Å². The lowest BCUT2D eigenvalue weighted by molar-refractivity contribution is 0.102. The van der Waals surface area contributed by atoms with Gasteiger partial charge in [-0.25, -0.2) is 8.78 Å². The number of halogens is 4. The molecule has 20 heavy (non-hydrogen) atoms. The van der Waals surface area contributed by atoms with Gasteiger partial charge < -0.3 is 5.32 Å². The molecule has 2 rings (SSSR count). The number of hydrogen-bond donors (Lipinski definition) is 1. The Bertz CT molecular complexity index is 691. The van der Waals surface area contributed by atoms with Crippen LogP contribution >= 0.6 is 27.5 Å². The van der Waals surface area contributed by atoms with Crippen molar-refractivity contribution in [3.63, 3.8) is 0 Å². The SMILES string of the molecule is Cc1ccc(F)c(NC(=O)c2cccc(Br)c2Cl)c1F. The molecule has 6 heteroatoms. The lowest BCUT2D eigenvalue weighted by Crippen LogP contribution is -2.15. The highest BCUT2D eigenvalue weighted by Gasteiger charge is 2.17. The van der Waals surface area contributed by atoms with Gasteiger partial charge in [-0.1, -0.05) is 23.7 Å². The highest BCUT2D eigenvalue weighted by molar-refractivity contribution is 9.10. The van der Waals surface area contributed by atoms with Crippen molar-refractivity contribution in [2.45, 2.75) is 6.92 Å². The minimum Gasteiger partial charge on any atom is -0.317 e. The van der Waals surface area contributed by atoms with Crippen LogP contribution in [-0.4, -0.2) is 5.91 Å². The van der Waals surface area contributed by atoms with Crippen molar-refractivity contribution in [1.29, 1.82) is 0 Å². The molecule has 1 amide bonds. The molecule has 0 saturated heterocycles. The van der Waals surface area contributed by atoms with Crippen LogP contribution < -0.4 is 5.32 Å². The summed E-state index contributed by atoms with van der Waals surface area (Å²) in [6, 6.07) is 7.12. The maximum Gasteiger partial charge on any atom is 0.257 e. The van der Waals surface area contributed by atoms with E-state index in [0.29, 0.717) is 4.47 Å². The fourth-order valence-corrected chi connectivity index (χ4v) is 2.21. The molecule has 2 aromatic rings. The van der Waals surface area contributed by atoms with Crippen molar-refractivity contribution in [2.75, 3.05) is 5.32 Å². The Labute approximate surface area is 127 Å². The minimum atomic E-state index is -0.840. The van der Waals surface area contributed by atoms with E-state index in [1.807, 2.05) is 0 Å². The van der Waals surface area contributed by atoms with Gasteiger partial charge in [0.2, 0.25) is 0 Å². The Morgan fingerprint density at radius 2 is 1.95 bits per heavy atom. The van der Waals surface area contributed by atoms with Crippen LogP contribution in [0.2, 0.25) is 5.02 Å². The van der Waals surface area contributed by atoms with Crippen molar-refractivity contribution < 1.29 is 13.6 Å². The average molecular weight is 361 g/mol. The number of benzene rings is 2. The third-order valence-electron chi connectivity index (χ3n) is 2.72. The molecular formula is C14H9BrClF2NO. The molecule has 0 unspecified atom stereocenters. The van der Waals surface area contributed by atoms with Gasteiger partial charge in [-0.15, -0.1) is 0 Å². The lowest BCUT2D eigenvalue weighted by Gasteiger charge is -2.10. The first-order chi connectivity index (χ1) is 9.41. The summed E-state index contributed by atoms with van der Waals surface area (Å²) in [6.45, 7) is 1.48. The molecule has 0 saturated carbocycles. The van der Waals surface area contributed by atoms with Crippen LogP contribution in [0.1, 0.15) is 15.9 Å². The van der Waals surface area contributed by atoms with Crippen molar-refractivity contribution in [3.05, 3.63) is 62.6 Å². The van der Waals surface area contributed by atoms with Gasteiger partial charge >= 0.3 is 0 Å². The molecule has 2 aromatic carbocycles. The van der Waals surface area contributed by atoms with E-state index in [-0.39, 0.29) is 16.1 Å². The van der Waals surface area contributed by atoms with E-state index in [2.05, 4.69) is 21.2 Å². The van der Waals surface area contributed by atoms with E-state index in [1.54, 1.807) is 12.1 Å². The first kappa shape index (κ1) is 14.9.